The summed E-state index contributed by atoms with van der Waals surface area (Å²) in [6, 6.07) is -0.726. The van der Waals surface area contributed by atoms with Crippen LogP contribution in [0.1, 0.15) is 6.92 Å². The van der Waals surface area contributed by atoms with Crippen LogP contribution in [0.5, 0.6) is 0 Å². The second-order valence-corrected chi connectivity index (χ2v) is 4.54. The van der Waals surface area contributed by atoms with Gasteiger partial charge in [-0.2, -0.15) is 0 Å². The summed E-state index contributed by atoms with van der Waals surface area (Å²) in [6.45, 7) is 5.58. The Kier molecular flexibility index (Phi) is 4.39. The van der Waals surface area contributed by atoms with E-state index in [4.69, 9.17) is 15.2 Å². The zero-order valence-corrected chi connectivity index (χ0v) is 11.7. The number of amides is 1. The molecule has 0 bridgehead atoms. The zero-order valence-electron chi connectivity index (χ0n) is 11.7. The second kappa shape index (κ2) is 6.06. The Hall–Kier alpha value is -2.19. The molecule has 2 heterocycles. The summed E-state index contributed by atoms with van der Waals surface area (Å²) in [5.41, 5.74) is 5.66. The van der Waals surface area contributed by atoms with Crippen LogP contribution in [0.15, 0.2) is 23.9 Å². The molecule has 0 aliphatic carbocycles. The van der Waals surface area contributed by atoms with Crippen molar-refractivity contribution in [1.29, 1.82) is 0 Å². The Bertz CT molecular complexity index is 528. The van der Waals surface area contributed by atoms with E-state index < -0.39 is 23.9 Å². The lowest BCUT2D eigenvalue weighted by atomic mass is 10.2. The fourth-order valence-corrected chi connectivity index (χ4v) is 2.25. The molecule has 2 rings (SSSR count). The maximum atomic E-state index is 12.1. The average Bonchev–Trinajstić information content (AvgIpc) is 2.94. The van der Waals surface area contributed by atoms with Gasteiger partial charge in [-0.15, -0.1) is 0 Å². The van der Waals surface area contributed by atoms with Crippen LogP contribution in [0.2, 0.25) is 0 Å². The van der Waals surface area contributed by atoms with E-state index in [1.54, 1.807) is 6.92 Å². The molecular formula is C13H17N3O5. The molecule has 0 saturated carbocycles. The van der Waals surface area contributed by atoms with Gasteiger partial charge >= 0.3 is 11.9 Å². The second-order valence-electron chi connectivity index (χ2n) is 4.54. The monoisotopic (exact) mass is 295 g/mol. The summed E-state index contributed by atoms with van der Waals surface area (Å²) in [5.74, 6) is -1.86. The largest absolute Gasteiger partial charge is 0.463 e. The molecule has 1 amide bonds. The van der Waals surface area contributed by atoms with Crippen LogP contribution < -0.4 is 5.73 Å². The number of rotatable bonds is 5. The van der Waals surface area contributed by atoms with Gasteiger partial charge in [0.2, 0.25) is 0 Å². The zero-order chi connectivity index (χ0) is 15.6. The normalized spacial score (nSPS) is 21.5. The molecule has 8 nitrogen and oxygen atoms in total. The van der Waals surface area contributed by atoms with Gasteiger partial charge in [-0.25, -0.2) is 19.6 Å². The highest BCUT2D eigenvalue weighted by molar-refractivity contribution is 6.05. The molecule has 1 unspecified atom stereocenters. The Morgan fingerprint density at radius 3 is 2.76 bits per heavy atom. The molecule has 0 spiro atoms. The number of hydrogen-bond donors (Lipinski definition) is 1. The summed E-state index contributed by atoms with van der Waals surface area (Å²) in [6.07, 6.45) is 1.40. The number of hydrazine groups is 1. The van der Waals surface area contributed by atoms with E-state index in [0.29, 0.717) is 0 Å². The minimum Gasteiger partial charge on any atom is -0.463 e. The molecule has 2 aliphatic rings. The van der Waals surface area contributed by atoms with E-state index in [1.165, 1.54) is 11.1 Å². The van der Waals surface area contributed by atoms with Crippen LogP contribution >= 0.6 is 0 Å². The van der Waals surface area contributed by atoms with Crippen molar-refractivity contribution in [2.45, 2.75) is 13.0 Å². The SMILES string of the molecule is C=CCOC(=O)C1=C(C(=O)OCC)CN2CC(N)C(=O)N12. The maximum absolute atomic E-state index is 12.1. The van der Waals surface area contributed by atoms with Crippen LogP contribution in [-0.2, 0) is 23.9 Å². The molecule has 1 fully saturated rings. The number of nitrogens with zero attached hydrogens (tertiary/aromatic N) is 2. The maximum Gasteiger partial charge on any atom is 0.357 e. The summed E-state index contributed by atoms with van der Waals surface area (Å²) in [5, 5.41) is 2.64. The fourth-order valence-electron chi connectivity index (χ4n) is 2.25. The average molecular weight is 295 g/mol. The van der Waals surface area contributed by atoms with Crippen LogP contribution in [0.25, 0.3) is 0 Å². The molecule has 1 saturated heterocycles. The number of esters is 2. The Morgan fingerprint density at radius 1 is 1.43 bits per heavy atom. The van der Waals surface area contributed by atoms with Gasteiger partial charge in [0.25, 0.3) is 5.91 Å². The van der Waals surface area contributed by atoms with Crippen molar-refractivity contribution in [1.82, 2.24) is 10.0 Å². The first-order valence-corrected chi connectivity index (χ1v) is 6.54. The molecule has 1 atom stereocenters. The van der Waals surface area contributed by atoms with Crippen molar-refractivity contribution in [3.63, 3.8) is 0 Å². The van der Waals surface area contributed by atoms with E-state index in [0.717, 1.165) is 5.01 Å². The smallest absolute Gasteiger partial charge is 0.357 e. The first-order valence-electron chi connectivity index (χ1n) is 6.54. The lowest BCUT2D eigenvalue weighted by Gasteiger charge is -2.20. The van der Waals surface area contributed by atoms with Crippen molar-refractivity contribution >= 4 is 17.8 Å². The minimum atomic E-state index is -0.775. The lowest BCUT2D eigenvalue weighted by molar-refractivity contribution is -0.146. The quantitative estimate of drug-likeness (QED) is 0.509. The molecule has 2 N–H and O–H groups in total. The Labute approximate surface area is 121 Å². The van der Waals surface area contributed by atoms with Crippen molar-refractivity contribution in [2.24, 2.45) is 5.73 Å². The molecule has 0 aromatic carbocycles. The summed E-state index contributed by atoms with van der Waals surface area (Å²) in [7, 11) is 0. The van der Waals surface area contributed by atoms with Crippen LogP contribution in [0.3, 0.4) is 0 Å². The van der Waals surface area contributed by atoms with E-state index in [-0.39, 0.29) is 37.6 Å². The highest BCUT2D eigenvalue weighted by atomic mass is 16.5. The standard InChI is InChI=1S/C13H17N3O5/c1-3-5-21-13(19)10-8(12(18)20-4-2)6-15-7-9(14)11(17)16(10)15/h3,9H,1,4-7,14H2,2H3. The summed E-state index contributed by atoms with van der Waals surface area (Å²) < 4.78 is 9.86. The summed E-state index contributed by atoms with van der Waals surface area (Å²) in [4.78, 5) is 36.1. The molecular weight excluding hydrogens is 278 g/mol. The van der Waals surface area contributed by atoms with Crippen molar-refractivity contribution in [3.8, 4) is 0 Å². The first kappa shape index (κ1) is 15.2. The predicted molar refractivity (Wildman–Crippen MR) is 71.2 cm³/mol. The summed E-state index contributed by atoms with van der Waals surface area (Å²) >= 11 is 0. The number of carbonyl (C=O) groups is 3. The third kappa shape index (κ3) is 2.67. The van der Waals surface area contributed by atoms with Gasteiger partial charge in [0.1, 0.15) is 12.6 Å². The Balaban J connectivity index is 2.34. The fraction of sp³-hybridized carbons (Fsp3) is 0.462. The van der Waals surface area contributed by atoms with Gasteiger partial charge in [0.05, 0.1) is 18.7 Å². The predicted octanol–water partition coefficient (Wildman–Crippen LogP) is -1.07. The number of hydrogen-bond acceptors (Lipinski definition) is 7. The van der Waals surface area contributed by atoms with Gasteiger partial charge < -0.3 is 15.2 Å². The molecule has 2 aliphatic heterocycles. The van der Waals surface area contributed by atoms with Gasteiger partial charge in [0.15, 0.2) is 5.70 Å². The van der Waals surface area contributed by atoms with E-state index in [2.05, 4.69) is 6.58 Å². The van der Waals surface area contributed by atoms with Gasteiger partial charge in [-0.3, -0.25) is 4.79 Å². The Morgan fingerprint density at radius 2 is 2.14 bits per heavy atom. The van der Waals surface area contributed by atoms with E-state index >= 15 is 0 Å². The molecule has 0 aromatic heterocycles. The van der Waals surface area contributed by atoms with Crippen molar-refractivity contribution in [2.75, 3.05) is 26.3 Å². The molecule has 114 valence electrons. The highest BCUT2D eigenvalue weighted by Crippen LogP contribution is 2.30. The van der Waals surface area contributed by atoms with Gasteiger partial charge in [0, 0.05) is 6.54 Å². The number of carbonyl (C=O) groups excluding carboxylic acids is 3. The third-order valence-corrected chi connectivity index (χ3v) is 3.10. The topological polar surface area (TPSA) is 102 Å². The molecule has 0 aromatic rings. The lowest BCUT2D eigenvalue weighted by Crippen LogP contribution is -2.38. The molecule has 21 heavy (non-hydrogen) atoms. The first-order chi connectivity index (χ1) is 10.0. The number of ether oxygens (including phenoxy) is 2. The van der Waals surface area contributed by atoms with Crippen molar-refractivity contribution < 1.29 is 23.9 Å². The van der Waals surface area contributed by atoms with Crippen LogP contribution in [0, 0.1) is 0 Å². The van der Waals surface area contributed by atoms with Gasteiger partial charge in [-0.05, 0) is 6.92 Å². The highest BCUT2D eigenvalue weighted by Gasteiger charge is 2.48. The van der Waals surface area contributed by atoms with E-state index in [1.807, 2.05) is 0 Å². The van der Waals surface area contributed by atoms with Crippen LogP contribution in [-0.4, -0.2) is 60.2 Å². The van der Waals surface area contributed by atoms with Gasteiger partial charge in [-0.1, -0.05) is 12.7 Å². The molecule has 8 heteroatoms. The van der Waals surface area contributed by atoms with Crippen LogP contribution in [0.4, 0.5) is 0 Å². The number of nitrogens with two attached hydrogens (primary N) is 1. The number of fused-ring (bicyclic) bond motifs is 1. The third-order valence-electron chi connectivity index (χ3n) is 3.10. The minimum absolute atomic E-state index is 0.0213. The van der Waals surface area contributed by atoms with Crippen molar-refractivity contribution in [3.05, 3.63) is 23.9 Å². The molecule has 0 radical (unpaired) electrons. The van der Waals surface area contributed by atoms with E-state index in [9.17, 15) is 14.4 Å².